The fraction of sp³-hybridized carbons (Fsp3) is 0.650. The van der Waals surface area contributed by atoms with Crippen molar-refractivity contribution in [3.8, 4) is 0 Å². The molecule has 1 aromatic carbocycles. The van der Waals surface area contributed by atoms with Gasteiger partial charge in [0, 0.05) is 30.9 Å². The summed E-state index contributed by atoms with van der Waals surface area (Å²) in [6.45, 7) is 3.38. The van der Waals surface area contributed by atoms with E-state index in [1.54, 1.807) is 7.05 Å². The highest BCUT2D eigenvalue weighted by Crippen LogP contribution is 2.46. The van der Waals surface area contributed by atoms with Crippen molar-refractivity contribution in [2.75, 3.05) is 46.1 Å². The molecule has 1 aromatic rings. The van der Waals surface area contributed by atoms with E-state index in [0.29, 0.717) is 11.5 Å². The molecule has 1 spiro atoms. The summed E-state index contributed by atoms with van der Waals surface area (Å²) in [4.78, 5) is 14.3. The maximum Gasteiger partial charge on any atom is 0.251 e. The zero-order valence-electron chi connectivity index (χ0n) is 15.8. The van der Waals surface area contributed by atoms with Gasteiger partial charge in [0.2, 0.25) is 0 Å². The van der Waals surface area contributed by atoms with Crippen molar-refractivity contribution in [2.24, 2.45) is 5.41 Å². The largest absolute Gasteiger partial charge is 0.382 e. The maximum absolute atomic E-state index is 12.2. The third-order valence-corrected chi connectivity index (χ3v) is 5.69. The van der Waals surface area contributed by atoms with Crippen LogP contribution >= 0.6 is 0 Å². The zero-order chi connectivity index (χ0) is 17.9. The minimum Gasteiger partial charge on any atom is -0.382 e. The molecule has 3 rings (SSSR count). The summed E-state index contributed by atoms with van der Waals surface area (Å²) in [7, 11) is 5.87. The molecule has 1 saturated carbocycles. The standard InChI is InChI=1S/C20H32N4O/c1-21-19(25)18-7-6-16(11-15(18)5-4-10-24(2)3)23-17-12-20(13-17)8-9-22-14-20/h6-7,11,17,22-23H,4-5,8-10,12-14H2,1-3H3,(H,21,25). The highest BCUT2D eigenvalue weighted by molar-refractivity contribution is 5.96. The minimum atomic E-state index is 0.00558. The van der Waals surface area contributed by atoms with Gasteiger partial charge < -0.3 is 20.9 Å². The number of hydrogen-bond acceptors (Lipinski definition) is 4. The quantitative estimate of drug-likeness (QED) is 0.709. The van der Waals surface area contributed by atoms with Gasteiger partial charge in [-0.2, -0.15) is 0 Å². The van der Waals surface area contributed by atoms with Crippen LogP contribution in [0.2, 0.25) is 0 Å². The number of carbonyl (C=O) groups is 1. The van der Waals surface area contributed by atoms with E-state index in [-0.39, 0.29) is 5.91 Å². The average Bonchev–Trinajstić information content (AvgIpc) is 3.03. The first-order valence-electron chi connectivity index (χ1n) is 9.48. The Labute approximate surface area is 151 Å². The van der Waals surface area contributed by atoms with Crippen LogP contribution in [0.3, 0.4) is 0 Å². The van der Waals surface area contributed by atoms with E-state index in [2.05, 4.69) is 47.1 Å². The molecule has 3 N–H and O–H groups in total. The molecule has 1 aliphatic heterocycles. The van der Waals surface area contributed by atoms with Gasteiger partial charge in [0.25, 0.3) is 5.91 Å². The molecule has 138 valence electrons. The van der Waals surface area contributed by atoms with Crippen molar-refractivity contribution >= 4 is 11.6 Å². The fourth-order valence-electron chi connectivity index (χ4n) is 4.30. The number of hydrogen-bond donors (Lipinski definition) is 3. The third kappa shape index (κ3) is 4.33. The van der Waals surface area contributed by atoms with Gasteiger partial charge in [-0.1, -0.05) is 0 Å². The van der Waals surface area contributed by atoms with Crippen LogP contribution in [0.25, 0.3) is 0 Å². The molecule has 2 fully saturated rings. The molecule has 5 heteroatoms. The van der Waals surface area contributed by atoms with Crippen molar-refractivity contribution < 1.29 is 4.79 Å². The van der Waals surface area contributed by atoms with Crippen molar-refractivity contribution in [3.05, 3.63) is 29.3 Å². The summed E-state index contributed by atoms with van der Waals surface area (Å²) < 4.78 is 0. The van der Waals surface area contributed by atoms with Gasteiger partial charge in [0.05, 0.1) is 0 Å². The van der Waals surface area contributed by atoms with Gasteiger partial charge in [-0.15, -0.1) is 0 Å². The highest BCUT2D eigenvalue weighted by Gasteiger charge is 2.45. The Morgan fingerprint density at radius 3 is 2.80 bits per heavy atom. The topological polar surface area (TPSA) is 56.4 Å². The molecule has 2 aliphatic rings. The third-order valence-electron chi connectivity index (χ3n) is 5.69. The smallest absolute Gasteiger partial charge is 0.251 e. The highest BCUT2D eigenvalue weighted by atomic mass is 16.1. The van der Waals surface area contributed by atoms with Crippen LogP contribution in [-0.4, -0.2) is 57.6 Å². The first-order chi connectivity index (χ1) is 12.0. The van der Waals surface area contributed by atoms with Crippen LogP contribution in [0.15, 0.2) is 18.2 Å². The van der Waals surface area contributed by atoms with Crippen molar-refractivity contribution in [1.82, 2.24) is 15.5 Å². The molecule has 1 heterocycles. The number of amides is 1. The first kappa shape index (κ1) is 18.2. The second-order valence-electron chi connectivity index (χ2n) is 8.03. The Morgan fingerprint density at radius 2 is 2.16 bits per heavy atom. The number of nitrogens with one attached hydrogen (secondary N) is 3. The predicted octanol–water partition coefficient (Wildman–Crippen LogP) is 2.09. The van der Waals surface area contributed by atoms with E-state index in [4.69, 9.17) is 0 Å². The molecule has 1 amide bonds. The first-order valence-corrected chi connectivity index (χ1v) is 9.48. The second kappa shape index (κ2) is 7.75. The summed E-state index contributed by atoms with van der Waals surface area (Å²) in [5.74, 6) is 0.00558. The van der Waals surface area contributed by atoms with E-state index < -0.39 is 0 Å². The molecule has 0 radical (unpaired) electrons. The summed E-state index contributed by atoms with van der Waals surface area (Å²) in [6, 6.07) is 6.77. The number of nitrogens with zero attached hydrogens (tertiary/aromatic N) is 1. The zero-order valence-corrected chi connectivity index (χ0v) is 15.8. The summed E-state index contributed by atoms with van der Waals surface area (Å²) in [5.41, 5.74) is 3.65. The van der Waals surface area contributed by atoms with E-state index in [1.165, 1.54) is 32.4 Å². The number of carbonyl (C=O) groups excluding carboxylic acids is 1. The minimum absolute atomic E-state index is 0.00558. The van der Waals surface area contributed by atoms with Gasteiger partial charge in [-0.3, -0.25) is 4.79 Å². The predicted molar refractivity (Wildman–Crippen MR) is 103 cm³/mol. The number of anilines is 1. The number of rotatable bonds is 7. The molecule has 25 heavy (non-hydrogen) atoms. The Morgan fingerprint density at radius 1 is 1.36 bits per heavy atom. The Bertz CT molecular complexity index is 600. The molecular weight excluding hydrogens is 312 g/mol. The molecule has 0 bridgehead atoms. The molecule has 1 aliphatic carbocycles. The lowest BCUT2D eigenvalue weighted by Crippen LogP contribution is -2.46. The maximum atomic E-state index is 12.2. The Balaban J connectivity index is 1.64. The van der Waals surface area contributed by atoms with E-state index in [1.807, 2.05) is 6.07 Å². The SMILES string of the molecule is CNC(=O)c1ccc(NC2CC3(CCNC3)C2)cc1CCCN(C)C. The monoisotopic (exact) mass is 344 g/mol. The van der Waals surface area contributed by atoms with Crippen LogP contribution in [0.1, 0.15) is 41.6 Å². The van der Waals surface area contributed by atoms with E-state index in [9.17, 15) is 4.79 Å². The Hall–Kier alpha value is -1.59. The summed E-state index contributed by atoms with van der Waals surface area (Å²) >= 11 is 0. The molecule has 0 atom stereocenters. The van der Waals surface area contributed by atoms with Gasteiger partial charge in [0.15, 0.2) is 0 Å². The van der Waals surface area contributed by atoms with Crippen LogP contribution in [0.4, 0.5) is 5.69 Å². The molecule has 1 saturated heterocycles. The lowest BCUT2D eigenvalue weighted by molar-refractivity contribution is 0.0962. The normalized spacial score (nSPS) is 25.2. The van der Waals surface area contributed by atoms with Crippen LogP contribution in [-0.2, 0) is 6.42 Å². The van der Waals surface area contributed by atoms with Crippen molar-refractivity contribution in [1.29, 1.82) is 0 Å². The molecule has 5 nitrogen and oxygen atoms in total. The number of benzene rings is 1. The van der Waals surface area contributed by atoms with Gasteiger partial charge in [0.1, 0.15) is 0 Å². The van der Waals surface area contributed by atoms with E-state index in [0.717, 1.165) is 36.2 Å². The van der Waals surface area contributed by atoms with E-state index >= 15 is 0 Å². The lowest BCUT2D eigenvalue weighted by Gasteiger charge is -2.45. The van der Waals surface area contributed by atoms with Crippen LogP contribution in [0.5, 0.6) is 0 Å². The second-order valence-corrected chi connectivity index (χ2v) is 8.03. The summed E-state index contributed by atoms with van der Waals surface area (Å²) in [5, 5.41) is 9.93. The summed E-state index contributed by atoms with van der Waals surface area (Å²) in [6.07, 6.45) is 5.81. The van der Waals surface area contributed by atoms with Gasteiger partial charge in [-0.25, -0.2) is 0 Å². The Kier molecular flexibility index (Phi) is 5.64. The molecule has 0 unspecified atom stereocenters. The van der Waals surface area contributed by atoms with Gasteiger partial charge in [-0.05, 0) is 88.5 Å². The van der Waals surface area contributed by atoms with Crippen molar-refractivity contribution in [3.63, 3.8) is 0 Å². The van der Waals surface area contributed by atoms with Gasteiger partial charge >= 0.3 is 0 Å². The average molecular weight is 345 g/mol. The van der Waals surface area contributed by atoms with Crippen molar-refractivity contribution in [2.45, 2.75) is 38.1 Å². The fourth-order valence-corrected chi connectivity index (χ4v) is 4.30. The number of aryl methyl sites for hydroxylation is 1. The lowest BCUT2D eigenvalue weighted by atomic mass is 9.65. The molecule has 0 aromatic heterocycles. The van der Waals surface area contributed by atoms with Crippen LogP contribution in [0, 0.1) is 5.41 Å². The van der Waals surface area contributed by atoms with Crippen LogP contribution < -0.4 is 16.0 Å². The molecular formula is C20H32N4O.